The van der Waals surface area contributed by atoms with Crippen molar-refractivity contribution >= 4 is 166 Å². The van der Waals surface area contributed by atoms with Gasteiger partial charge in [0.15, 0.2) is 5.96 Å². The fourth-order valence-electron chi connectivity index (χ4n) is 10.8. The second kappa shape index (κ2) is 44.1. The van der Waals surface area contributed by atoms with Crippen molar-refractivity contribution < 1.29 is 102 Å². The van der Waals surface area contributed by atoms with Gasteiger partial charge in [0, 0.05) is 61.9 Å². The first kappa shape index (κ1) is 88.3. The number of nitrogens with one attached hydrogen (secondary N) is 14. The largest absolute Gasteiger partial charge is 0.508 e. The van der Waals surface area contributed by atoms with Gasteiger partial charge in [-0.05, 0) is 110 Å². The zero-order valence-electron chi connectivity index (χ0n) is 57.5. The van der Waals surface area contributed by atoms with E-state index in [2.05, 4.69) is 69.1 Å². The Morgan fingerprint density at radius 2 is 1.17 bits per heavy atom. The van der Waals surface area contributed by atoms with E-state index >= 15 is 14.4 Å². The molecule has 3 aliphatic rings. The van der Waals surface area contributed by atoms with Crippen LogP contribution < -0.4 is 92.1 Å². The second-order valence-electron chi connectivity index (χ2n) is 24.6. The zero-order chi connectivity index (χ0) is 79.2. The molecule has 3 saturated heterocycles. The number of guanidine groups is 1. The molecule has 2 aromatic carbocycles. The third-order valence-corrected chi connectivity index (χ3v) is 22.1. The quantitative estimate of drug-likeness (QED) is 0.0162. The summed E-state index contributed by atoms with van der Waals surface area (Å²) in [5, 5.41) is 91.8. The van der Waals surface area contributed by atoms with E-state index in [1.807, 2.05) is 0 Å². The maximum Gasteiger partial charge on any atom is 0.326 e. The van der Waals surface area contributed by atoms with Crippen LogP contribution in [0, 0.1) is 8.98 Å². The number of hydrogen-bond acceptors (Lipinski definition) is 25. The number of aliphatic carboxylic acids is 2. The van der Waals surface area contributed by atoms with Gasteiger partial charge in [-0.25, -0.2) is 9.59 Å². The Morgan fingerprint density at radius 3 is 1.76 bits per heavy atom. The van der Waals surface area contributed by atoms with Crippen LogP contribution in [0.3, 0.4) is 0 Å². The van der Waals surface area contributed by atoms with Crippen molar-refractivity contribution in [1.29, 1.82) is 5.41 Å². The molecule has 45 heteroatoms. The average Bonchev–Trinajstić information content (AvgIpc) is 1.79. The summed E-state index contributed by atoms with van der Waals surface area (Å²) in [5.74, 6) is -21.0. The van der Waals surface area contributed by atoms with Crippen LogP contribution in [0.4, 0.5) is 4.79 Å². The maximum absolute atomic E-state index is 15.1. The van der Waals surface area contributed by atoms with Crippen LogP contribution in [0.2, 0.25) is 0 Å². The molecule has 3 heterocycles. The first-order valence-electron chi connectivity index (χ1n) is 33.2. The van der Waals surface area contributed by atoms with E-state index in [1.54, 1.807) is 22.6 Å². The lowest BCUT2D eigenvalue weighted by molar-refractivity contribution is -0.146. The molecule has 0 saturated carbocycles. The number of hydrogen-bond donors (Lipinski definition) is 23. The molecule has 15 amide bonds. The molecule has 3 fully saturated rings. The number of halogens is 1. The Morgan fingerprint density at radius 1 is 0.636 bits per heavy atom. The number of primary amides is 2. The summed E-state index contributed by atoms with van der Waals surface area (Å²) in [5.41, 5.74) is 22.7. The smallest absolute Gasteiger partial charge is 0.326 e. The molecule has 3 aliphatic heterocycles. The molecule has 2 aromatic rings. The fraction of sp³-hybridized carbons (Fsp3) is 0.532. The standard InChI is InChI=1S/C62H88IN19O21S4/c1-28(83)48-58(99)76-37(22-47(88)89)59(100)82-18-4-7-43(82)57(98)74-34(6-3-17-70-62(68)103)50(91)78-40-25-105-104-24-39(71-46(87)23-64)53(94)80-42(56(97)81-48)27-107-106-26-41(55(96)77-38(60(101)102)20-29-8-11-31(84)12-9-29)79-51(92)35(13-15-45(65)86)73-52(93)36(21-30-10-14-44(85)32(63)19-30)75-49(90)33(72-54(40)95)5-2-16-69-61(66)67/h8-12,14,19,28,33-43,48,83-85H,2-7,13,15-18,20-27,64H2,1H3,(H2,65,86)(H,71,87)(H,72,95)(H,73,93)(H,74,98)(H,75,90)(H,76,99)(H,77,96)(H,78,91)(H,79,92)(H,80,94)(H,81,97)(H,88,89)(H,101,102)(H4,66,67,69)(H3,68,70,103)/t28-,33+,34+,35+,36+,37+,38+,39+,40+,41-,42+,43+,48+/m1/s1. The Hall–Kier alpha value is -9.32. The van der Waals surface area contributed by atoms with Crippen LogP contribution in [0.1, 0.15) is 75.8 Å². The Labute approximate surface area is 641 Å². The zero-order valence-corrected chi connectivity index (χ0v) is 62.9. The molecule has 5 rings (SSSR count). The molecular formula is C62H88IN19O21S4. The van der Waals surface area contributed by atoms with Crippen LogP contribution in [0.15, 0.2) is 42.5 Å². The van der Waals surface area contributed by atoms with Gasteiger partial charge in [-0.1, -0.05) is 61.4 Å². The van der Waals surface area contributed by atoms with Gasteiger partial charge in [0.2, 0.25) is 76.8 Å². The van der Waals surface area contributed by atoms with Gasteiger partial charge in [0.25, 0.3) is 0 Å². The number of rotatable bonds is 23. The number of urea groups is 1. The van der Waals surface area contributed by atoms with Crippen LogP contribution in [-0.2, 0) is 84.8 Å². The molecule has 107 heavy (non-hydrogen) atoms. The van der Waals surface area contributed by atoms with Gasteiger partial charge in [-0.3, -0.25) is 72.5 Å². The van der Waals surface area contributed by atoms with Crippen LogP contribution in [0.5, 0.6) is 11.5 Å². The number of nitrogens with zero attached hydrogens (tertiary/aromatic N) is 1. The van der Waals surface area contributed by atoms with E-state index in [1.165, 1.54) is 42.5 Å². The Bertz CT molecular complexity index is 3590. The lowest BCUT2D eigenvalue weighted by atomic mass is 10.0. The van der Waals surface area contributed by atoms with Gasteiger partial charge < -0.3 is 122 Å². The molecule has 0 spiro atoms. The van der Waals surface area contributed by atoms with Crippen LogP contribution in [-0.4, -0.2) is 259 Å². The average molecular weight is 1690 g/mol. The topological polar surface area (TPSA) is 662 Å². The summed E-state index contributed by atoms with van der Waals surface area (Å²) in [4.78, 5) is 226. The molecule has 0 unspecified atom stereocenters. The van der Waals surface area contributed by atoms with Crippen molar-refractivity contribution in [2.24, 2.45) is 22.9 Å². The van der Waals surface area contributed by atoms with Gasteiger partial charge in [0.1, 0.15) is 84.0 Å². The summed E-state index contributed by atoms with van der Waals surface area (Å²) in [7, 11) is 2.97. The van der Waals surface area contributed by atoms with E-state index in [0.717, 1.165) is 33.4 Å². The second-order valence-corrected chi connectivity index (χ2v) is 30.9. The minimum absolute atomic E-state index is 0.0727. The highest BCUT2D eigenvalue weighted by Crippen LogP contribution is 2.28. The SMILES string of the molecule is C[C@@H](O)[C@@H]1NC(=O)[C@@H]2CSSC[C@H](C(=O)N[C@@H](Cc3ccc(O)cc3)C(=O)O)NC(=O)[C@H](CCC(N)=O)NC(=O)[C@H](Cc3ccc(O)c(I)c3)NC(=O)[C@H](CCCNC(=N)N)NC(=O)[C@H](CSSC[C@H](NC(=O)CN)C(=O)N2)NC(=O)[C@H](CCCNC(N)=O)NC(=O)[C@@H]2CCCN2C(=O)[C@H](CC(=O)O)NC1=O. The highest BCUT2D eigenvalue weighted by molar-refractivity contribution is 14.1. The molecular weight excluding hydrogens is 1600 g/mol. The lowest BCUT2D eigenvalue weighted by Crippen LogP contribution is -2.62. The summed E-state index contributed by atoms with van der Waals surface area (Å²) in [6, 6.07) is -13.1. The monoisotopic (exact) mass is 1690 g/mol. The number of phenolic OH excluding ortho intramolecular Hbond substituents is 2. The minimum atomic E-state index is -2.09. The highest BCUT2D eigenvalue weighted by Gasteiger charge is 2.43. The maximum atomic E-state index is 15.1. The number of aliphatic hydroxyl groups excluding tert-OH is 1. The molecule has 2 bridgehead atoms. The van der Waals surface area contributed by atoms with E-state index in [4.69, 9.17) is 28.3 Å². The number of carboxylic acid groups (broad SMARTS) is 2. The predicted molar refractivity (Wildman–Crippen MR) is 397 cm³/mol. The number of aliphatic hydroxyl groups is 1. The van der Waals surface area contributed by atoms with E-state index < -0.39 is 241 Å². The van der Waals surface area contributed by atoms with Gasteiger partial charge >= 0.3 is 18.0 Å². The fourth-order valence-corrected chi connectivity index (χ4v) is 16.0. The van der Waals surface area contributed by atoms with E-state index in [-0.39, 0.29) is 78.8 Å². The van der Waals surface area contributed by atoms with E-state index in [9.17, 15) is 87.9 Å². The summed E-state index contributed by atoms with van der Waals surface area (Å²) in [6.07, 6.45) is -5.94. The Kier molecular flexibility index (Phi) is 36.4. The Balaban J connectivity index is 1.78. The number of amides is 15. The summed E-state index contributed by atoms with van der Waals surface area (Å²) >= 11 is 1.80. The molecule has 588 valence electrons. The van der Waals surface area contributed by atoms with Gasteiger partial charge in [-0.2, -0.15) is 0 Å². The minimum Gasteiger partial charge on any atom is -0.508 e. The number of fused-ring (bicyclic) bond motifs is 9. The van der Waals surface area contributed by atoms with Crippen molar-refractivity contribution in [1.82, 2.24) is 74.0 Å². The van der Waals surface area contributed by atoms with Crippen molar-refractivity contribution in [2.75, 3.05) is 49.2 Å². The number of carbonyl (C=O) groups excluding carboxylic acids is 14. The molecule has 0 aliphatic carbocycles. The summed E-state index contributed by atoms with van der Waals surface area (Å²) < 4.78 is 0.272. The lowest BCUT2D eigenvalue weighted by Gasteiger charge is -2.31. The number of benzene rings is 2. The number of aromatic hydroxyl groups is 2. The highest BCUT2D eigenvalue weighted by atomic mass is 127. The first-order chi connectivity index (χ1) is 50.6. The predicted octanol–water partition coefficient (Wildman–Crippen LogP) is -6.52. The van der Waals surface area contributed by atoms with Crippen LogP contribution in [0.25, 0.3) is 0 Å². The van der Waals surface area contributed by atoms with Crippen molar-refractivity contribution in [3.8, 4) is 11.5 Å². The normalized spacial score (nSPS) is 24.4. The van der Waals surface area contributed by atoms with Crippen molar-refractivity contribution in [3.05, 3.63) is 57.2 Å². The molecule has 40 nitrogen and oxygen atoms in total. The molecule has 0 radical (unpaired) electrons. The van der Waals surface area contributed by atoms with E-state index in [0.29, 0.717) is 27.2 Å². The number of carbonyl (C=O) groups is 16. The van der Waals surface area contributed by atoms with Crippen LogP contribution >= 0.6 is 65.8 Å². The third-order valence-electron chi connectivity index (χ3n) is 16.3. The van der Waals surface area contributed by atoms with Crippen molar-refractivity contribution in [3.63, 3.8) is 0 Å². The summed E-state index contributed by atoms with van der Waals surface area (Å²) in [6.45, 7) is -0.187. The molecule has 13 atom stereocenters. The first-order valence-corrected chi connectivity index (χ1v) is 39.3. The van der Waals surface area contributed by atoms with Crippen molar-refractivity contribution in [2.45, 2.75) is 156 Å². The molecule has 0 aromatic heterocycles. The number of nitrogens with two attached hydrogens (primary N) is 4. The third kappa shape index (κ3) is 29.8. The molecule has 27 N–H and O–H groups in total. The number of carboxylic acids is 2. The van der Waals surface area contributed by atoms with Gasteiger partial charge in [0.05, 0.1) is 22.6 Å². The number of phenols is 2. The van der Waals surface area contributed by atoms with Gasteiger partial charge in [-0.15, -0.1) is 0 Å².